The third-order valence-electron chi connectivity index (χ3n) is 14.3. The maximum Gasteiger partial charge on any atom is 0.472 e. The van der Waals surface area contributed by atoms with Crippen LogP contribution in [0, 0.1) is 11.8 Å². The van der Waals surface area contributed by atoms with E-state index in [2.05, 4.69) is 47.1 Å². The predicted molar refractivity (Wildman–Crippen MR) is 287 cm³/mol. The lowest BCUT2D eigenvalue weighted by Gasteiger charge is -2.29. The molecule has 1 aromatic carbocycles. The number of nitrogens with one attached hydrogen (secondary N) is 4. The van der Waals surface area contributed by atoms with Crippen LogP contribution in [0.2, 0.25) is 0 Å². The van der Waals surface area contributed by atoms with E-state index in [-0.39, 0.29) is 83.5 Å². The monoisotopic (exact) mass is 1200 g/mol. The lowest BCUT2D eigenvalue weighted by atomic mass is 9.88. The number of ether oxygens (including phenoxy) is 3. The fourth-order valence-electron chi connectivity index (χ4n) is 9.90. The third kappa shape index (κ3) is 13.9. The molecule has 0 saturated carbocycles. The molecule has 11 N–H and O–H groups in total. The van der Waals surface area contributed by atoms with Gasteiger partial charge in [-0.3, -0.25) is 66.0 Å². The number of phosphoric acid groups is 2. The van der Waals surface area contributed by atoms with Gasteiger partial charge in [-0.1, -0.05) is 51.1 Å². The lowest BCUT2D eigenvalue weighted by Crippen LogP contribution is -2.48. The number of hydrogen-bond donors (Lipinski definition) is 9. The Morgan fingerprint density at radius 3 is 1.98 bits per heavy atom. The number of nitrogen functional groups attached to an aromatic ring is 2. The average molecular weight is 1200 g/mol. The second kappa shape index (κ2) is 24.9. The first-order valence-electron chi connectivity index (χ1n) is 26.1. The number of carbonyl (C=O) groups excluding carboxylic acids is 5. The van der Waals surface area contributed by atoms with Crippen molar-refractivity contribution in [3.63, 3.8) is 0 Å². The van der Waals surface area contributed by atoms with Crippen molar-refractivity contribution >= 4 is 79.3 Å². The van der Waals surface area contributed by atoms with E-state index in [4.69, 9.17) is 43.8 Å². The molecule has 446 valence electrons. The number of aromatic amines is 2. The molecule has 3 fully saturated rings. The molecule has 8 heterocycles. The van der Waals surface area contributed by atoms with E-state index in [1.807, 2.05) is 13.8 Å². The van der Waals surface area contributed by atoms with Crippen LogP contribution in [0.5, 0.6) is 0 Å². The topological polar surface area (TPSA) is 451 Å². The van der Waals surface area contributed by atoms with Gasteiger partial charge >= 0.3 is 21.7 Å². The van der Waals surface area contributed by atoms with Crippen molar-refractivity contribution in [3.05, 3.63) is 93.2 Å². The molecule has 4 aromatic heterocycles. The van der Waals surface area contributed by atoms with E-state index in [1.54, 1.807) is 42.2 Å². The van der Waals surface area contributed by atoms with Crippen LogP contribution >= 0.6 is 15.6 Å². The summed E-state index contributed by atoms with van der Waals surface area (Å²) in [5.41, 5.74) is 10.9. The van der Waals surface area contributed by atoms with Crippen molar-refractivity contribution in [2.45, 2.75) is 121 Å². The van der Waals surface area contributed by atoms with Gasteiger partial charge in [-0.2, -0.15) is 9.97 Å². The molecular formula is C49H61N13O19P2. The number of nitrogens with zero attached hydrogens (tertiary/aromatic N) is 7. The van der Waals surface area contributed by atoms with Crippen LogP contribution in [-0.4, -0.2) is 151 Å². The minimum Gasteiger partial charge on any atom is -0.445 e. The number of unbranched alkanes of at least 4 members (excludes halogenated alkanes) is 2. The summed E-state index contributed by atoms with van der Waals surface area (Å²) in [6.45, 7) is 7.22. The Bertz CT molecular complexity index is 3550. The number of aromatic nitrogens is 8. The lowest BCUT2D eigenvalue weighted by molar-refractivity contribution is -0.133. The molecule has 83 heavy (non-hydrogen) atoms. The van der Waals surface area contributed by atoms with Gasteiger partial charge in [0.25, 0.3) is 17.0 Å². The van der Waals surface area contributed by atoms with Crippen molar-refractivity contribution in [1.82, 2.24) is 54.6 Å². The quantitative estimate of drug-likeness (QED) is 0.0414. The van der Waals surface area contributed by atoms with Gasteiger partial charge in [0.2, 0.25) is 17.8 Å². The highest BCUT2D eigenvalue weighted by atomic mass is 31.2. The van der Waals surface area contributed by atoms with Gasteiger partial charge in [0, 0.05) is 43.5 Å². The van der Waals surface area contributed by atoms with Crippen LogP contribution in [0.15, 0.2) is 70.9 Å². The van der Waals surface area contributed by atoms with Crippen molar-refractivity contribution in [2.24, 2.45) is 11.8 Å². The first kappa shape index (κ1) is 60.2. The standard InChI is InChI=1S/C49H61N13O19P2/c1-23(2)29(17-28(63)8-6-5-7-15-60-24(3)9-14-33(60)65)42(67)54-25(4)30(64)16-26-10-12-27(13-11-26)18-75-49(70)55-34-38-31(78-45(34)61-21-52-35-40(61)56-47(50)58-43(35)68)19-76-83(73,74)81-39-32(20-77-82(71,72)80-38)79-46(37(39)66)62-22-53-36-41(62)57-48(51)59-44(36)69/h9-14,21-23,25,29,31-32,34,37-39,45-46,66H,3,5-8,15-20H2,1-2,4H3,(H,54,67)(H,55,70)(H,71,72)(H,73,74)(H3,50,56,58,68)(H3,51,57,59,69)/t25-,29-,31+,32+,34?,37?,38-,39-,45+,46+/m0/s1. The zero-order chi connectivity index (χ0) is 59.7. The average Bonchev–Trinajstić information content (AvgIpc) is 3.52. The highest BCUT2D eigenvalue weighted by molar-refractivity contribution is 7.47. The van der Waals surface area contributed by atoms with E-state index in [0.717, 1.165) is 21.8 Å². The number of aliphatic hydroxyl groups excluding tert-OH is 1. The molecule has 0 bridgehead atoms. The molecule has 9 rings (SSSR count). The number of Topliss-reactive ketones (excluding diaryl/α,β-unsaturated/α-hetero) is 2. The molecular weight excluding hydrogens is 1140 g/mol. The van der Waals surface area contributed by atoms with Gasteiger partial charge in [-0.15, -0.1) is 0 Å². The maximum atomic E-state index is 13.9. The van der Waals surface area contributed by atoms with Crippen molar-refractivity contribution in [2.75, 3.05) is 31.2 Å². The molecule has 4 unspecified atom stereocenters. The minimum atomic E-state index is -5.36. The number of alkyl carbamates (subject to hydrolysis) is 1. The maximum absolute atomic E-state index is 13.9. The van der Waals surface area contributed by atoms with Crippen LogP contribution in [0.25, 0.3) is 22.3 Å². The number of phosphoric ester groups is 2. The van der Waals surface area contributed by atoms with Crippen LogP contribution in [0.4, 0.5) is 16.7 Å². The molecule has 34 heteroatoms. The smallest absolute Gasteiger partial charge is 0.445 e. The summed E-state index contributed by atoms with van der Waals surface area (Å²) in [7, 11) is -10.7. The molecule has 0 aliphatic carbocycles. The Kier molecular flexibility index (Phi) is 18.0. The van der Waals surface area contributed by atoms with Crippen molar-refractivity contribution < 1.29 is 80.3 Å². The zero-order valence-electron chi connectivity index (χ0n) is 44.8. The van der Waals surface area contributed by atoms with Gasteiger partial charge in [-0.25, -0.2) is 23.9 Å². The number of benzene rings is 1. The van der Waals surface area contributed by atoms with E-state index in [1.165, 1.54) is 6.08 Å². The van der Waals surface area contributed by atoms with E-state index in [0.29, 0.717) is 42.6 Å². The van der Waals surface area contributed by atoms with Crippen molar-refractivity contribution in [3.8, 4) is 0 Å². The number of hydrogen-bond acceptors (Lipinski definition) is 23. The molecule has 4 aliphatic rings. The van der Waals surface area contributed by atoms with Gasteiger partial charge < -0.3 is 56.1 Å². The highest BCUT2D eigenvalue weighted by Crippen LogP contribution is 2.54. The van der Waals surface area contributed by atoms with E-state index < -0.39 is 113 Å². The second-order valence-corrected chi connectivity index (χ2v) is 23.3. The third-order valence-corrected chi connectivity index (χ3v) is 16.2. The van der Waals surface area contributed by atoms with E-state index >= 15 is 0 Å². The molecule has 0 radical (unpaired) electrons. The number of fused-ring (bicyclic) bond motifs is 4. The SMILES string of the molecule is C=C1C=CC(=O)N1CCCCCC(=O)C[C@H](C(=O)N[C@@H](C)C(=O)Cc1ccc(COC(=O)NC2[C@H]3OP(=O)(O)OC[C@H]4O[C@@H](n5cnc6c(=O)[nH]c(N)nc65)C(O)[C@H]4OP(=O)(O)OC[C@H]3O[C@H]2n2cnc3c(=O)[nH]c(N)nc32)cc1)C(C)C. The van der Waals surface area contributed by atoms with Gasteiger partial charge in [0.15, 0.2) is 40.6 Å². The Morgan fingerprint density at radius 1 is 0.819 bits per heavy atom. The van der Waals surface area contributed by atoms with Crippen molar-refractivity contribution in [1.29, 1.82) is 0 Å². The first-order valence-corrected chi connectivity index (χ1v) is 29.1. The second-order valence-electron chi connectivity index (χ2n) is 20.5. The summed E-state index contributed by atoms with van der Waals surface area (Å²) in [6.07, 6.45) is -5.71. The summed E-state index contributed by atoms with van der Waals surface area (Å²) >= 11 is 0. The number of amides is 3. The molecule has 5 aromatic rings. The van der Waals surface area contributed by atoms with Gasteiger partial charge in [-0.05, 0) is 42.9 Å². The Labute approximate surface area is 470 Å². The number of carbonyl (C=O) groups is 5. The van der Waals surface area contributed by atoms with Crippen LogP contribution < -0.4 is 33.2 Å². The zero-order valence-corrected chi connectivity index (χ0v) is 46.6. The number of nitrogens with two attached hydrogens (primary N) is 2. The summed E-state index contributed by atoms with van der Waals surface area (Å²) in [5.74, 6) is -2.46. The largest absolute Gasteiger partial charge is 0.472 e. The first-order chi connectivity index (χ1) is 39.3. The summed E-state index contributed by atoms with van der Waals surface area (Å²) in [6, 6.07) is 3.85. The van der Waals surface area contributed by atoms with E-state index in [9.17, 15) is 57.6 Å². The number of anilines is 2. The Balaban J connectivity index is 0.835. The van der Waals surface area contributed by atoms with Gasteiger partial charge in [0.1, 0.15) is 49.0 Å². The number of allylic oxidation sites excluding steroid dienone is 1. The minimum absolute atomic E-state index is 0.0122. The molecule has 3 saturated heterocycles. The number of rotatable bonds is 19. The Morgan fingerprint density at radius 2 is 1.39 bits per heavy atom. The normalized spacial score (nSPS) is 27.2. The molecule has 4 aliphatic heterocycles. The van der Waals surface area contributed by atoms with Crippen LogP contribution in [-0.2, 0) is 73.6 Å². The number of aliphatic hydroxyl groups is 1. The molecule has 3 amide bonds. The number of ketones is 2. The fourth-order valence-corrected chi connectivity index (χ4v) is 11.8. The predicted octanol–water partition coefficient (Wildman–Crippen LogP) is 1.21. The Hall–Kier alpha value is -7.35. The summed E-state index contributed by atoms with van der Waals surface area (Å²) < 4.78 is 69.2. The van der Waals surface area contributed by atoms with Crippen LogP contribution in [0.1, 0.15) is 76.5 Å². The van der Waals surface area contributed by atoms with Gasteiger partial charge in [0.05, 0.1) is 31.9 Å². The fraction of sp³-hybridized carbons (Fsp3) is 0.490. The summed E-state index contributed by atoms with van der Waals surface area (Å²) in [4.78, 5) is 135. The number of H-pyrrole nitrogens is 2. The molecule has 32 nitrogen and oxygen atoms in total. The highest BCUT2D eigenvalue weighted by Gasteiger charge is 2.55. The molecule has 0 spiro atoms. The molecule has 12 atom stereocenters. The van der Waals surface area contributed by atoms with Crippen LogP contribution in [0.3, 0.4) is 0 Å². The number of imidazole rings is 2. The summed E-state index contributed by atoms with van der Waals surface area (Å²) in [5, 5.41) is 16.7.